The summed E-state index contributed by atoms with van der Waals surface area (Å²) in [6.45, 7) is 4.29. The lowest BCUT2D eigenvalue weighted by Crippen LogP contribution is -2.69. The van der Waals surface area contributed by atoms with Crippen LogP contribution in [0.5, 0.6) is 0 Å². The number of hydrogen-bond acceptors (Lipinski definition) is 17. The maximum atomic E-state index is 12.6. The van der Waals surface area contributed by atoms with Crippen LogP contribution in [-0.4, -0.2) is 181 Å². The van der Waals surface area contributed by atoms with Crippen LogP contribution in [0.1, 0.15) is 53.4 Å². The van der Waals surface area contributed by atoms with Gasteiger partial charge in [0.05, 0.1) is 31.5 Å². The number of aliphatic hydroxyl groups is 8. The van der Waals surface area contributed by atoms with E-state index in [1.54, 1.807) is 0 Å². The Morgan fingerprint density at radius 1 is 0.880 bits per heavy atom. The Hall–Kier alpha value is -2.15. The van der Waals surface area contributed by atoms with Crippen LogP contribution in [0.15, 0.2) is 0 Å². The lowest BCUT2D eigenvalue weighted by molar-refractivity contribution is -0.357. The normalized spacial score (nSPS) is 40.4. The first kappa shape index (κ1) is 42.3. The highest BCUT2D eigenvalue weighted by Crippen LogP contribution is 2.36. The van der Waals surface area contributed by atoms with E-state index < -0.39 is 135 Å². The van der Waals surface area contributed by atoms with Crippen molar-refractivity contribution in [1.82, 2.24) is 10.6 Å². The molecule has 0 aromatic carbocycles. The molecule has 0 radical (unpaired) electrons. The highest BCUT2D eigenvalue weighted by molar-refractivity contribution is 5.76. The van der Waals surface area contributed by atoms with Gasteiger partial charge in [-0.15, -0.1) is 0 Å². The number of amides is 2. The third kappa shape index (κ3) is 9.83. The number of carbonyl (C=O) groups excluding carboxylic acids is 2. The Morgan fingerprint density at radius 2 is 1.50 bits per heavy atom. The molecule has 16 atom stereocenters. The Bertz CT molecular complexity index is 1120. The number of carbonyl (C=O) groups is 3. The molecule has 3 fully saturated rings. The zero-order valence-electron chi connectivity index (χ0n) is 28.3. The van der Waals surface area contributed by atoms with Crippen LogP contribution < -0.4 is 10.6 Å². The van der Waals surface area contributed by atoms with Crippen LogP contribution in [0.4, 0.5) is 0 Å². The van der Waals surface area contributed by atoms with Gasteiger partial charge in [0, 0.05) is 26.9 Å². The molecule has 3 heterocycles. The number of carboxylic acids is 1. The quantitative estimate of drug-likeness (QED) is 0.0664. The number of aliphatic hydroxyl groups excluding tert-OH is 8. The minimum atomic E-state index is -2.75. The Labute approximate surface area is 288 Å². The molecule has 0 aliphatic carbocycles. The van der Waals surface area contributed by atoms with Gasteiger partial charge in [-0.05, 0) is 12.8 Å². The number of nitrogens with one attached hydrogen (secondary N) is 2. The summed E-state index contributed by atoms with van der Waals surface area (Å²) in [5, 5.41) is 100. The second kappa shape index (κ2) is 18.6. The fourth-order valence-electron chi connectivity index (χ4n) is 6.05. The number of ether oxygens (including phenoxy) is 6. The van der Waals surface area contributed by atoms with Crippen LogP contribution in [-0.2, 0) is 42.8 Å². The lowest BCUT2D eigenvalue weighted by Gasteiger charge is -2.48. The highest BCUT2D eigenvalue weighted by Gasteiger charge is 2.57. The predicted octanol–water partition coefficient (Wildman–Crippen LogP) is -4.84. The number of aliphatic carboxylic acids is 1. The smallest absolute Gasteiger partial charge is 0.364 e. The van der Waals surface area contributed by atoms with Gasteiger partial charge >= 0.3 is 5.97 Å². The number of hydrogen-bond donors (Lipinski definition) is 11. The molecular formula is C30H52N2O18. The second-order valence-electron chi connectivity index (χ2n) is 12.7. The summed E-state index contributed by atoms with van der Waals surface area (Å²) < 4.78 is 34.2. The fraction of sp³-hybridized carbons (Fsp3) is 0.900. The molecule has 3 rings (SSSR count). The first-order chi connectivity index (χ1) is 23.5. The van der Waals surface area contributed by atoms with E-state index in [0.29, 0.717) is 6.42 Å². The van der Waals surface area contributed by atoms with Gasteiger partial charge in [-0.25, -0.2) is 4.79 Å². The van der Waals surface area contributed by atoms with Crippen LogP contribution in [0.25, 0.3) is 0 Å². The first-order valence-corrected chi connectivity index (χ1v) is 16.6. The molecule has 3 aliphatic heterocycles. The van der Waals surface area contributed by atoms with Crippen LogP contribution in [0, 0.1) is 0 Å². The molecule has 11 N–H and O–H groups in total. The molecule has 3 saturated heterocycles. The van der Waals surface area contributed by atoms with Gasteiger partial charge in [0.15, 0.2) is 12.6 Å². The van der Waals surface area contributed by atoms with Gasteiger partial charge in [-0.1, -0.05) is 20.3 Å². The lowest BCUT2D eigenvalue weighted by atomic mass is 9.88. The van der Waals surface area contributed by atoms with E-state index >= 15 is 0 Å². The Balaban J connectivity index is 1.87. The summed E-state index contributed by atoms with van der Waals surface area (Å²) >= 11 is 0. The van der Waals surface area contributed by atoms with Crippen molar-refractivity contribution in [3.63, 3.8) is 0 Å². The van der Waals surface area contributed by atoms with E-state index in [4.69, 9.17) is 28.4 Å². The molecule has 2 amide bonds. The van der Waals surface area contributed by atoms with Crippen molar-refractivity contribution in [1.29, 1.82) is 0 Å². The maximum Gasteiger partial charge on any atom is 0.364 e. The van der Waals surface area contributed by atoms with Crippen molar-refractivity contribution in [3.8, 4) is 0 Å². The molecule has 50 heavy (non-hydrogen) atoms. The summed E-state index contributed by atoms with van der Waals surface area (Å²) in [4.78, 5) is 36.5. The van der Waals surface area contributed by atoms with Crippen molar-refractivity contribution in [2.75, 3.05) is 19.8 Å². The standard InChI is InChI=1S/C30H52N2O18/c1-5-7-8-45-27-19(32-13(4)35)25(22(40)16(10-33)47-27)49-28-24(42)23(41)21(39)17(48-28)11-46-30(29(43)44)9-15(37)18(31-12(3)34)26(50-30)20(38)14(36)6-2/h14-28,33,36-42H,5-11H2,1-4H3,(H,31,34)(H,32,35)(H,43,44)/t14-,15-,16?,17?,18-,19?,20-,21+,22-,23+,24?,25-,26?,27-,28+,30-/m1/s1. The van der Waals surface area contributed by atoms with E-state index in [2.05, 4.69) is 10.6 Å². The van der Waals surface area contributed by atoms with Crippen molar-refractivity contribution in [2.45, 2.75) is 151 Å². The van der Waals surface area contributed by atoms with Crippen molar-refractivity contribution < 1.29 is 88.8 Å². The van der Waals surface area contributed by atoms with E-state index in [1.165, 1.54) is 13.8 Å². The fourth-order valence-corrected chi connectivity index (χ4v) is 6.05. The molecule has 0 spiro atoms. The van der Waals surface area contributed by atoms with Crippen molar-refractivity contribution >= 4 is 17.8 Å². The molecule has 3 aliphatic rings. The SMILES string of the molecule is CCCCO[C@@H]1OC(CO)[C@@H](O)[C@H](O[C@@H]2OC(CO[C@]3(C(=O)O)C[C@@H](O)[C@@H](NC(C)=O)C([C@H](O)[C@H](O)CC)O3)[C@H](O)[C@H](O)C2O)C1NC(C)=O. The number of unbranched alkanes of at least 4 members (excludes halogenated alkanes) is 1. The van der Waals surface area contributed by atoms with Crippen LogP contribution >= 0.6 is 0 Å². The third-order valence-corrected chi connectivity index (χ3v) is 8.86. The van der Waals surface area contributed by atoms with E-state index in [0.717, 1.165) is 13.3 Å². The summed E-state index contributed by atoms with van der Waals surface area (Å²) in [6, 6.07) is -2.60. The zero-order chi connectivity index (χ0) is 37.5. The minimum Gasteiger partial charge on any atom is -0.477 e. The van der Waals surface area contributed by atoms with E-state index in [1.807, 2.05) is 6.92 Å². The third-order valence-electron chi connectivity index (χ3n) is 8.86. The highest BCUT2D eigenvalue weighted by atomic mass is 16.8. The molecule has 290 valence electrons. The molecule has 0 saturated carbocycles. The molecule has 20 heteroatoms. The maximum absolute atomic E-state index is 12.6. The zero-order valence-corrected chi connectivity index (χ0v) is 28.3. The van der Waals surface area contributed by atoms with Gasteiger partial charge in [0.1, 0.15) is 61.0 Å². The number of rotatable bonds is 16. The summed E-state index contributed by atoms with van der Waals surface area (Å²) in [5.74, 6) is -5.78. The van der Waals surface area contributed by atoms with Crippen molar-refractivity contribution in [2.24, 2.45) is 0 Å². The molecule has 0 bridgehead atoms. The first-order valence-electron chi connectivity index (χ1n) is 16.6. The average Bonchev–Trinajstić information content (AvgIpc) is 3.06. The summed E-state index contributed by atoms with van der Waals surface area (Å²) in [6.07, 6.45) is -21.3. The van der Waals surface area contributed by atoms with Gasteiger partial charge in [-0.2, -0.15) is 0 Å². The Morgan fingerprint density at radius 3 is 2.06 bits per heavy atom. The van der Waals surface area contributed by atoms with Crippen LogP contribution in [0.2, 0.25) is 0 Å². The summed E-state index contributed by atoms with van der Waals surface area (Å²) in [5.41, 5.74) is 0. The van der Waals surface area contributed by atoms with E-state index in [9.17, 15) is 60.3 Å². The van der Waals surface area contributed by atoms with Crippen LogP contribution in [0.3, 0.4) is 0 Å². The average molecular weight is 729 g/mol. The molecule has 0 aromatic heterocycles. The van der Waals surface area contributed by atoms with Gasteiger partial charge in [-0.3, -0.25) is 9.59 Å². The monoisotopic (exact) mass is 728 g/mol. The summed E-state index contributed by atoms with van der Waals surface area (Å²) in [7, 11) is 0. The van der Waals surface area contributed by atoms with Gasteiger partial charge in [0.2, 0.25) is 11.8 Å². The topological polar surface area (TPSA) is 313 Å². The minimum absolute atomic E-state index is 0.0101. The molecule has 5 unspecified atom stereocenters. The van der Waals surface area contributed by atoms with Gasteiger partial charge < -0.3 is 85.0 Å². The van der Waals surface area contributed by atoms with Gasteiger partial charge in [0.25, 0.3) is 5.79 Å². The van der Waals surface area contributed by atoms with Crippen molar-refractivity contribution in [3.05, 3.63) is 0 Å². The Kier molecular flexibility index (Phi) is 15.7. The number of carboxylic acid groups (broad SMARTS) is 1. The van der Waals surface area contributed by atoms with E-state index in [-0.39, 0.29) is 13.0 Å². The molecule has 0 aromatic rings. The molecular weight excluding hydrogens is 676 g/mol. The molecule has 20 nitrogen and oxygen atoms in total. The predicted molar refractivity (Wildman–Crippen MR) is 163 cm³/mol. The second-order valence-corrected chi connectivity index (χ2v) is 12.7. The largest absolute Gasteiger partial charge is 0.477 e.